The second-order valence-electron chi connectivity index (χ2n) is 7.58. The summed E-state index contributed by atoms with van der Waals surface area (Å²) in [5.74, 6) is 1.60. The molecule has 0 unspecified atom stereocenters. The second-order valence-corrected chi connectivity index (χ2v) is 7.58. The number of nitrogens with zero attached hydrogens (tertiary/aromatic N) is 3. The Kier molecular flexibility index (Phi) is 6.38. The zero-order valence-electron chi connectivity index (χ0n) is 17.7. The molecular formula is C25H25FN4O. The Morgan fingerprint density at radius 2 is 1.55 bits per heavy atom. The van der Waals surface area contributed by atoms with Crippen LogP contribution in [-0.2, 0) is 0 Å². The van der Waals surface area contributed by atoms with Gasteiger partial charge in [0.1, 0.15) is 17.3 Å². The van der Waals surface area contributed by atoms with E-state index < -0.39 is 0 Å². The SMILES string of the molecule is CN(C)CCCNc1nc(-c2ccc(Oc3ccc(F)cc3)cc2)c2ccccc2n1. The van der Waals surface area contributed by atoms with Gasteiger partial charge in [0.15, 0.2) is 0 Å². The van der Waals surface area contributed by atoms with Crippen LogP contribution in [0.15, 0.2) is 72.8 Å². The quantitative estimate of drug-likeness (QED) is 0.379. The summed E-state index contributed by atoms with van der Waals surface area (Å²) in [4.78, 5) is 11.6. The van der Waals surface area contributed by atoms with Crippen molar-refractivity contribution in [2.24, 2.45) is 0 Å². The number of anilines is 1. The average Bonchev–Trinajstić information content (AvgIpc) is 2.78. The monoisotopic (exact) mass is 416 g/mol. The predicted octanol–water partition coefficient (Wildman–Crippen LogP) is 5.59. The van der Waals surface area contributed by atoms with Crippen molar-refractivity contribution in [1.82, 2.24) is 14.9 Å². The van der Waals surface area contributed by atoms with E-state index in [1.54, 1.807) is 12.1 Å². The number of aromatic nitrogens is 2. The van der Waals surface area contributed by atoms with Crippen LogP contribution in [0.5, 0.6) is 11.5 Å². The van der Waals surface area contributed by atoms with Crippen LogP contribution in [0.25, 0.3) is 22.2 Å². The third-order valence-corrected chi connectivity index (χ3v) is 4.85. The van der Waals surface area contributed by atoms with E-state index in [1.807, 2.05) is 48.5 Å². The number of hydrogen-bond donors (Lipinski definition) is 1. The summed E-state index contributed by atoms with van der Waals surface area (Å²) in [5, 5.41) is 4.34. The number of nitrogens with one attached hydrogen (secondary N) is 1. The lowest BCUT2D eigenvalue weighted by Crippen LogP contribution is -2.17. The van der Waals surface area contributed by atoms with Gasteiger partial charge < -0.3 is 15.0 Å². The molecule has 0 spiro atoms. The molecule has 5 nitrogen and oxygen atoms in total. The predicted molar refractivity (Wildman–Crippen MR) is 123 cm³/mol. The topological polar surface area (TPSA) is 50.3 Å². The number of ether oxygens (including phenoxy) is 1. The van der Waals surface area contributed by atoms with Crippen LogP contribution in [-0.4, -0.2) is 42.1 Å². The van der Waals surface area contributed by atoms with Crippen molar-refractivity contribution >= 4 is 16.9 Å². The van der Waals surface area contributed by atoms with E-state index in [9.17, 15) is 4.39 Å². The molecule has 0 saturated carbocycles. The molecule has 6 heteroatoms. The molecule has 0 saturated heterocycles. The number of halogens is 1. The fourth-order valence-corrected chi connectivity index (χ4v) is 3.29. The Labute approximate surface area is 181 Å². The second kappa shape index (κ2) is 9.53. The minimum Gasteiger partial charge on any atom is -0.457 e. The molecule has 1 N–H and O–H groups in total. The van der Waals surface area contributed by atoms with Gasteiger partial charge in [-0.1, -0.05) is 18.2 Å². The van der Waals surface area contributed by atoms with Crippen molar-refractivity contribution in [3.63, 3.8) is 0 Å². The van der Waals surface area contributed by atoms with E-state index in [1.165, 1.54) is 12.1 Å². The van der Waals surface area contributed by atoms with Gasteiger partial charge in [0.05, 0.1) is 11.2 Å². The Balaban J connectivity index is 1.57. The molecule has 158 valence electrons. The third-order valence-electron chi connectivity index (χ3n) is 4.85. The van der Waals surface area contributed by atoms with E-state index in [4.69, 9.17) is 9.72 Å². The average molecular weight is 417 g/mol. The van der Waals surface area contributed by atoms with Gasteiger partial charge >= 0.3 is 0 Å². The molecule has 0 aliphatic heterocycles. The molecule has 0 bridgehead atoms. The summed E-state index contributed by atoms with van der Waals surface area (Å²) < 4.78 is 18.9. The number of fused-ring (bicyclic) bond motifs is 1. The first kappa shape index (κ1) is 20.8. The standard InChI is InChI=1S/C25H25FN4O/c1-30(2)17-5-16-27-25-28-23-7-4-3-6-22(23)24(29-25)18-8-12-20(13-9-18)31-21-14-10-19(26)11-15-21/h3-4,6-15H,5,16-17H2,1-2H3,(H,27,28,29). The molecule has 0 aliphatic carbocycles. The molecule has 3 aromatic carbocycles. The van der Waals surface area contributed by atoms with Crippen molar-refractivity contribution < 1.29 is 9.13 Å². The fraction of sp³-hybridized carbons (Fsp3) is 0.200. The van der Waals surface area contributed by atoms with Crippen LogP contribution in [0.2, 0.25) is 0 Å². The maximum Gasteiger partial charge on any atom is 0.223 e. The minimum absolute atomic E-state index is 0.288. The number of hydrogen-bond acceptors (Lipinski definition) is 5. The van der Waals surface area contributed by atoms with E-state index in [0.717, 1.165) is 41.7 Å². The van der Waals surface area contributed by atoms with Crippen LogP contribution in [0, 0.1) is 5.82 Å². The zero-order chi connectivity index (χ0) is 21.6. The molecule has 4 rings (SSSR count). The first-order valence-corrected chi connectivity index (χ1v) is 10.3. The van der Waals surface area contributed by atoms with Crippen LogP contribution in [0.3, 0.4) is 0 Å². The highest BCUT2D eigenvalue weighted by Crippen LogP contribution is 2.30. The molecular weight excluding hydrogens is 391 g/mol. The number of para-hydroxylation sites is 1. The van der Waals surface area contributed by atoms with Gasteiger partial charge in [0.25, 0.3) is 0 Å². The summed E-state index contributed by atoms with van der Waals surface area (Å²) in [6.07, 6.45) is 1.01. The van der Waals surface area contributed by atoms with Gasteiger partial charge in [-0.15, -0.1) is 0 Å². The summed E-state index contributed by atoms with van der Waals surface area (Å²) >= 11 is 0. The highest BCUT2D eigenvalue weighted by molar-refractivity contribution is 5.93. The van der Waals surface area contributed by atoms with E-state index in [-0.39, 0.29) is 5.82 Å². The van der Waals surface area contributed by atoms with Gasteiger partial charge in [0, 0.05) is 17.5 Å². The molecule has 0 radical (unpaired) electrons. The highest BCUT2D eigenvalue weighted by Gasteiger charge is 2.10. The van der Waals surface area contributed by atoms with Crippen molar-refractivity contribution in [1.29, 1.82) is 0 Å². The molecule has 1 aromatic heterocycles. The van der Waals surface area contributed by atoms with Crippen molar-refractivity contribution in [3.8, 4) is 22.8 Å². The smallest absolute Gasteiger partial charge is 0.223 e. The maximum atomic E-state index is 13.1. The van der Waals surface area contributed by atoms with Crippen LogP contribution in [0.4, 0.5) is 10.3 Å². The molecule has 31 heavy (non-hydrogen) atoms. The summed E-state index contributed by atoms with van der Waals surface area (Å²) in [5.41, 5.74) is 2.74. The van der Waals surface area contributed by atoms with E-state index in [2.05, 4.69) is 29.3 Å². The third kappa shape index (κ3) is 5.35. The molecule has 0 fully saturated rings. The van der Waals surface area contributed by atoms with Crippen molar-refractivity contribution in [2.45, 2.75) is 6.42 Å². The normalized spacial score (nSPS) is 11.1. The van der Waals surface area contributed by atoms with Crippen LogP contribution in [0.1, 0.15) is 6.42 Å². The van der Waals surface area contributed by atoms with Gasteiger partial charge in [-0.2, -0.15) is 0 Å². The van der Waals surface area contributed by atoms with E-state index >= 15 is 0 Å². The number of benzene rings is 3. The summed E-state index contributed by atoms with van der Waals surface area (Å²) in [7, 11) is 4.13. The summed E-state index contributed by atoms with van der Waals surface area (Å²) in [6, 6.07) is 21.7. The van der Waals surface area contributed by atoms with Crippen molar-refractivity contribution in [2.75, 3.05) is 32.5 Å². The first-order valence-electron chi connectivity index (χ1n) is 10.3. The lowest BCUT2D eigenvalue weighted by molar-refractivity contribution is 0.405. The zero-order valence-corrected chi connectivity index (χ0v) is 17.7. The first-order chi connectivity index (χ1) is 15.1. The Hall–Kier alpha value is -3.51. The Morgan fingerprint density at radius 3 is 2.26 bits per heavy atom. The lowest BCUT2D eigenvalue weighted by Gasteiger charge is -2.12. The number of rotatable bonds is 8. The van der Waals surface area contributed by atoms with Crippen molar-refractivity contribution in [3.05, 3.63) is 78.6 Å². The Bertz CT molecular complexity index is 1140. The molecule has 1 heterocycles. The summed E-state index contributed by atoms with van der Waals surface area (Å²) in [6.45, 7) is 1.81. The fourth-order valence-electron chi connectivity index (χ4n) is 3.29. The van der Waals surface area contributed by atoms with Gasteiger partial charge in [-0.25, -0.2) is 14.4 Å². The molecule has 0 aliphatic rings. The van der Waals surface area contributed by atoms with Crippen LogP contribution < -0.4 is 10.1 Å². The largest absolute Gasteiger partial charge is 0.457 e. The van der Waals surface area contributed by atoms with Gasteiger partial charge in [0.2, 0.25) is 5.95 Å². The molecule has 0 amide bonds. The molecule has 0 atom stereocenters. The minimum atomic E-state index is -0.288. The van der Waals surface area contributed by atoms with Gasteiger partial charge in [-0.3, -0.25) is 0 Å². The van der Waals surface area contributed by atoms with Crippen LogP contribution >= 0.6 is 0 Å². The maximum absolute atomic E-state index is 13.1. The molecule has 4 aromatic rings. The van der Waals surface area contributed by atoms with E-state index in [0.29, 0.717) is 17.4 Å². The van der Waals surface area contributed by atoms with Gasteiger partial charge in [-0.05, 0) is 81.7 Å². The Morgan fingerprint density at radius 1 is 0.871 bits per heavy atom. The highest BCUT2D eigenvalue weighted by atomic mass is 19.1. The lowest BCUT2D eigenvalue weighted by atomic mass is 10.1.